The van der Waals surface area contributed by atoms with Crippen molar-refractivity contribution in [2.45, 2.75) is 70.2 Å². The second-order valence-corrected chi connectivity index (χ2v) is 5.73. The monoisotopic (exact) mass is 255 g/mol. The topological polar surface area (TPSA) is 58.6 Å². The fraction of sp³-hybridized carbons (Fsp3) is 0.929. The Kier molecular flexibility index (Phi) is 5.01. The first-order valence-electron chi connectivity index (χ1n) is 7.28. The maximum absolute atomic E-state index is 11.7. The van der Waals surface area contributed by atoms with Crippen molar-refractivity contribution in [1.29, 1.82) is 0 Å². The number of hydrogen-bond acceptors (Lipinski definition) is 3. The van der Waals surface area contributed by atoms with Gasteiger partial charge in [0, 0.05) is 6.54 Å². The Hall–Kier alpha value is -0.610. The zero-order chi connectivity index (χ0) is 13.0. The van der Waals surface area contributed by atoms with Gasteiger partial charge < -0.3 is 15.2 Å². The molecule has 1 amide bonds. The van der Waals surface area contributed by atoms with Crippen LogP contribution >= 0.6 is 0 Å². The van der Waals surface area contributed by atoms with Crippen LogP contribution < -0.4 is 5.32 Å². The molecule has 0 bridgehead atoms. The number of ether oxygens (including phenoxy) is 1. The van der Waals surface area contributed by atoms with Crippen molar-refractivity contribution in [2.75, 3.05) is 6.54 Å². The van der Waals surface area contributed by atoms with Gasteiger partial charge in [-0.3, -0.25) is 4.79 Å². The molecule has 0 heterocycles. The molecular formula is C14H25NO3. The lowest BCUT2D eigenvalue weighted by Gasteiger charge is -2.27. The zero-order valence-electron chi connectivity index (χ0n) is 11.2. The van der Waals surface area contributed by atoms with Crippen LogP contribution in [0.2, 0.25) is 0 Å². The van der Waals surface area contributed by atoms with Crippen LogP contribution in [-0.2, 0) is 9.53 Å². The summed E-state index contributed by atoms with van der Waals surface area (Å²) >= 11 is 0. The van der Waals surface area contributed by atoms with Crippen molar-refractivity contribution in [3.63, 3.8) is 0 Å². The predicted octanol–water partition coefficient (Wildman–Crippen LogP) is 1.61. The number of nitrogens with one attached hydrogen (secondary N) is 1. The van der Waals surface area contributed by atoms with Gasteiger partial charge in [-0.15, -0.1) is 0 Å². The van der Waals surface area contributed by atoms with Gasteiger partial charge >= 0.3 is 0 Å². The van der Waals surface area contributed by atoms with Crippen molar-refractivity contribution in [2.24, 2.45) is 5.92 Å². The molecule has 2 fully saturated rings. The minimum atomic E-state index is -1.04. The molecule has 0 aromatic carbocycles. The van der Waals surface area contributed by atoms with Crippen LogP contribution in [0.15, 0.2) is 0 Å². The molecule has 18 heavy (non-hydrogen) atoms. The molecule has 2 aliphatic rings. The highest BCUT2D eigenvalue weighted by molar-refractivity contribution is 5.81. The Balaban J connectivity index is 1.68. The van der Waals surface area contributed by atoms with E-state index in [2.05, 4.69) is 5.32 Å². The van der Waals surface area contributed by atoms with E-state index >= 15 is 0 Å². The smallest absolute Gasteiger partial charge is 0.251 e. The molecule has 4 heteroatoms. The van der Waals surface area contributed by atoms with E-state index in [4.69, 9.17) is 4.74 Å². The Bertz CT molecular complexity index is 272. The first kappa shape index (κ1) is 13.8. The Labute approximate surface area is 109 Å². The SMILES string of the molecule is CC(OC1CCCCC1)C(O)C(=O)NCC1CC1. The Morgan fingerprint density at radius 3 is 2.56 bits per heavy atom. The summed E-state index contributed by atoms with van der Waals surface area (Å²) < 4.78 is 5.79. The Morgan fingerprint density at radius 2 is 1.94 bits per heavy atom. The van der Waals surface area contributed by atoms with E-state index in [1.165, 1.54) is 32.1 Å². The molecule has 0 aromatic rings. The van der Waals surface area contributed by atoms with Crippen LogP contribution in [0, 0.1) is 5.92 Å². The van der Waals surface area contributed by atoms with Gasteiger partial charge in [0.1, 0.15) is 0 Å². The quantitative estimate of drug-likeness (QED) is 0.758. The molecular weight excluding hydrogens is 230 g/mol. The first-order valence-corrected chi connectivity index (χ1v) is 7.28. The third-order valence-electron chi connectivity index (χ3n) is 3.93. The Morgan fingerprint density at radius 1 is 1.28 bits per heavy atom. The predicted molar refractivity (Wildman–Crippen MR) is 69.2 cm³/mol. The summed E-state index contributed by atoms with van der Waals surface area (Å²) in [5.74, 6) is 0.348. The van der Waals surface area contributed by atoms with Gasteiger partial charge in [-0.05, 0) is 38.5 Å². The fourth-order valence-electron chi connectivity index (χ4n) is 2.46. The van der Waals surface area contributed by atoms with Crippen molar-refractivity contribution in [1.82, 2.24) is 5.32 Å². The molecule has 4 nitrogen and oxygen atoms in total. The lowest BCUT2D eigenvalue weighted by molar-refractivity contribution is -0.141. The largest absolute Gasteiger partial charge is 0.381 e. The summed E-state index contributed by atoms with van der Waals surface area (Å²) in [5.41, 5.74) is 0. The van der Waals surface area contributed by atoms with Crippen LogP contribution in [0.25, 0.3) is 0 Å². The summed E-state index contributed by atoms with van der Waals surface area (Å²) in [6, 6.07) is 0. The van der Waals surface area contributed by atoms with Gasteiger partial charge in [0.05, 0.1) is 12.2 Å². The minimum Gasteiger partial charge on any atom is -0.381 e. The highest BCUT2D eigenvalue weighted by Gasteiger charge is 2.28. The van der Waals surface area contributed by atoms with Crippen LogP contribution in [0.1, 0.15) is 51.9 Å². The number of carbonyl (C=O) groups is 1. The maximum Gasteiger partial charge on any atom is 0.251 e. The van der Waals surface area contributed by atoms with Gasteiger partial charge in [0.15, 0.2) is 6.10 Å². The number of carbonyl (C=O) groups excluding carboxylic acids is 1. The molecule has 0 aromatic heterocycles. The summed E-state index contributed by atoms with van der Waals surface area (Å²) in [6.07, 6.45) is 6.95. The molecule has 2 aliphatic carbocycles. The summed E-state index contributed by atoms with van der Waals surface area (Å²) in [5, 5.41) is 12.7. The van der Waals surface area contributed by atoms with Gasteiger partial charge in [0.25, 0.3) is 5.91 Å². The van der Waals surface area contributed by atoms with Crippen LogP contribution in [0.5, 0.6) is 0 Å². The molecule has 0 spiro atoms. The van der Waals surface area contributed by atoms with Crippen LogP contribution in [0.4, 0.5) is 0 Å². The average Bonchev–Trinajstić information content (AvgIpc) is 3.20. The summed E-state index contributed by atoms with van der Waals surface area (Å²) in [6.45, 7) is 2.49. The van der Waals surface area contributed by atoms with E-state index in [1.807, 2.05) is 0 Å². The van der Waals surface area contributed by atoms with Gasteiger partial charge in [0.2, 0.25) is 0 Å². The lowest BCUT2D eigenvalue weighted by atomic mass is 9.97. The summed E-state index contributed by atoms with van der Waals surface area (Å²) in [4.78, 5) is 11.7. The van der Waals surface area contributed by atoms with E-state index in [1.54, 1.807) is 6.92 Å². The standard InChI is InChI=1S/C14H25NO3/c1-10(18-12-5-3-2-4-6-12)13(16)14(17)15-9-11-7-8-11/h10-13,16H,2-9H2,1H3,(H,15,17). The molecule has 0 radical (unpaired) electrons. The van der Waals surface area contributed by atoms with Gasteiger partial charge in [-0.1, -0.05) is 19.3 Å². The number of aliphatic hydroxyl groups is 1. The van der Waals surface area contributed by atoms with E-state index in [9.17, 15) is 9.90 Å². The highest BCUT2D eigenvalue weighted by Crippen LogP contribution is 2.27. The molecule has 104 valence electrons. The maximum atomic E-state index is 11.7. The normalized spacial score (nSPS) is 24.6. The average molecular weight is 255 g/mol. The third-order valence-corrected chi connectivity index (χ3v) is 3.93. The fourth-order valence-corrected chi connectivity index (χ4v) is 2.46. The highest BCUT2D eigenvalue weighted by atomic mass is 16.5. The van der Waals surface area contributed by atoms with Crippen molar-refractivity contribution < 1.29 is 14.6 Å². The van der Waals surface area contributed by atoms with Crippen LogP contribution in [-0.4, -0.2) is 35.9 Å². The molecule has 0 aliphatic heterocycles. The van der Waals surface area contributed by atoms with Crippen molar-refractivity contribution in [3.8, 4) is 0 Å². The summed E-state index contributed by atoms with van der Waals surface area (Å²) in [7, 11) is 0. The van der Waals surface area contributed by atoms with Gasteiger partial charge in [-0.25, -0.2) is 0 Å². The first-order chi connectivity index (χ1) is 8.66. The van der Waals surface area contributed by atoms with Crippen LogP contribution in [0.3, 0.4) is 0 Å². The third kappa shape index (κ3) is 4.25. The minimum absolute atomic E-state index is 0.222. The number of aliphatic hydroxyl groups excluding tert-OH is 1. The molecule has 2 unspecified atom stereocenters. The van der Waals surface area contributed by atoms with E-state index in [-0.39, 0.29) is 12.0 Å². The lowest BCUT2D eigenvalue weighted by Crippen LogP contribution is -2.44. The second-order valence-electron chi connectivity index (χ2n) is 5.73. The molecule has 2 N–H and O–H groups in total. The number of rotatable bonds is 6. The molecule has 0 saturated heterocycles. The molecule has 2 rings (SSSR count). The van der Waals surface area contributed by atoms with E-state index < -0.39 is 12.2 Å². The van der Waals surface area contributed by atoms with E-state index in [0.29, 0.717) is 12.5 Å². The molecule has 2 saturated carbocycles. The number of hydrogen-bond donors (Lipinski definition) is 2. The molecule has 2 atom stereocenters. The zero-order valence-corrected chi connectivity index (χ0v) is 11.2. The van der Waals surface area contributed by atoms with Crippen molar-refractivity contribution >= 4 is 5.91 Å². The van der Waals surface area contributed by atoms with Crippen molar-refractivity contribution in [3.05, 3.63) is 0 Å². The second kappa shape index (κ2) is 6.53. The number of amides is 1. The van der Waals surface area contributed by atoms with Gasteiger partial charge in [-0.2, -0.15) is 0 Å². The van der Waals surface area contributed by atoms with E-state index in [0.717, 1.165) is 12.8 Å².